The van der Waals surface area contributed by atoms with Gasteiger partial charge in [-0.1, -0.05) is 48.6 Å². The van der Waals surface area contributed by atoms with E-state index in [-0.39, 0.29) is 6.10 Å². The highest BCUT2D eigenvalue weighted by atomic mass is 16.3. The van der Waals surface area contributed by atoms with Gasteiger partial charge in [0.2, 0.25) is 0 Å². The molecule has 0 fully saturated rings. The van der Waals surface area contributed by atoms with Gasteiger partial charge in [-0.15, -0.1) is 0 Å². The Morgan fingerprint density at radius 2 is 1.93 bits per heavy atom. The lowest BCUT2D eigenvalue weighted by Crippen LogP contribution is -2.02. The second kappa shape index (κ2) is 3.21. The van der Waals surface area contributed by atoms with Crippen molar-refractivity contribution in [3.8, 4) is 0 Å². The number of aliphatic hydroxyl groups is 1. The molecular weight excluding hydrogens is 184 g/mol. The maximum atomic E-state index is 9.87. The van der Waals surface area contributed by atoms with Crippen molar-refractivity contribution in [3.63, 3.8) is 0 Å². The third kappa shape index (κ3) is 1.28. The fourth-order valence-corrected chi connectivity index (χ4v) is 2.23. The normalized spacial score (nSPS) is 19.1. The molecule has 1 aliphatic rings. The molecule has 1 atom stereocenters. The van der Waals surface area contributed by atoms with Gasteiger partial charge in [0.15, 0.2) is 0 Å². The van der Waals surface area contributed by atoms with Gasteiger partial charge in [-0.25, -0.2) is 0 Å². The van der Waals surface area contributed by atoms with E-state index in [2.05, 4.69) is 24.3 Å². The van der Waals surface area contributed by atoms with Crippen LogP contribution in [0.1, 0.15) is 23.7 Å². The quantitative estimate of drug-likeness (QED) is 0.685. The van der Waals surface area contributed by atoms with Gasteiger partial charge >= 0.3 is 0 Å². The van der Waals surface area contributed by atoms with Gasteiger partial charge in [-0.05, 0) is 28.3 Å². The van der Waals surface area contributed by atoms with Crippen molar-refractivity contribution in [1.29, 1.82) is 0 Å². The summed E-state index contributed by atoms with van der Waals surface area (Å²) >= 11 is 0. The number of fused-ring (bicyclic) bond motifs is 3. The monoisotopic (exact) mass is 196 g/mol. The summed E-state index contributed by atoms with van der Waals surface area (Å²) in [7, 11) is 0. The van der Waals surface area contributed by atoms with Gasteiger partial charge in [0, 0.05) is 0 Å². The van der Waals surface area contributed by atoms with E-state index in [1.807, 2.05) is 24.3 Å². The summed E-state index contributed by atoms with van der Waals surface area (Å²) in [6.45, 7) is 0. The fourth-order valence-electron chi connectivity index (χ4n) is 2.23. The topological polar surface area (TPSA) is 20.2 Å². The Kier molecular flexibility index (Phi) is 1.86. The molecular formula is C14H12O. The second-order valence-electron chi connectivity index (χ2n) is 3.94. The van der Waals surface area contributed by atoms with E-state index in [9.17, 15) is 5.11 Å². The molecule has 0 saturated carbocycles. The first-order chi connectivity index (χ1) is 7.36. The first-order valence-electron chi connectivity index (χ1n) is 5.22. The van der Waals surface area contributed by atoms with Crippen LogP contribution in [0.15, 0.2) is 42.5 Å². The van der Waals surface area contributed by atoms with Crippen molar-refractivity contribution in [2.24, 2.45) is 0 Å². The van der Waals surface area contributed by atoms with Crippen LogP contribution < -0.4 is 0 Å². The van der Waals surface area contributed by atoms with Crippen LogP contribution >= 0.6 is 0 Å². The molecule has 0 saturated heterocycles. The molecule has 1 nitrogen and oxygen atoms in total. The summed E-state index contributed by atoms with van der Waals surface area (Å²) in [5.74, 6) is 0. The van der Waals surface area contributed by atoms with E-state index >= 15 is 0 Å². The Labute approximate surface area is 88.7 Å². The van der Waals surface area contributed by atoms with Crippen molar-refractivity contribution in [2.75, 3.05) is 0 Å². The summed E-state index contributed by atoms with van der Waals surface area (Å²) < 4.78 is 0. The first kappa shape index (κ1) is 8.69. The Hall–Kier alpha value is -1.60. The van der Waals surface area contributed by atoms with Gasteiger partial charge in [0.05, 0.1) is 6.10 Å². The van der Waals surface area contributed by atoms with Crippen LogP contribution in [0.3, 0.4) is 0 Å². The highest BCUT2D eigenvalue weighted by Crippen LogP contribution is 2.32. The molecule has 1 heteroatoms. The minimum atomic E-state index is -0.338. The lowest BCUT2D eigenvalue weighted by Gasteiger charge is -2.18. The standard InChI is InChI=1S/C14H12O/c15-14-7-3-6-12-11-5-2-1-4-10(11)8-9-13(12)14/h1-6,8-9,14-15H,7H2. The molecule has 2 aromatic rings. The molecule has 0 aliphatic heterocycles. The van der Waals surface area contributed by atoms with E-state index in [1.54, 1.807) is 0 Å². The molecule has 2 aromatic carbocycles. The molecule has 1 unspecified atom stereocenters. The van der Waals surface area contributed by atoms with Crippen LogP contribution in [0.5, 0.6) is 0 Å². The van der Waals surface area contributed by atoms with Crippen molar-refractivity contribution in [3.05, 3.63) is 53.6 Å². The van der Waals surface area contributed by atoms with E-state index in [0.29, 0.717) is 0 Å². The molecule has 0 amide bonds. The van der Waals surface area contributed by atoms with Crippen LogP contribution in [0, 0.1) is 0 Å². The Balaban J connectivity index is 2.39. The predicted molar refractivity (Wildman–Crippen MR) is 62.6 cm³/mol. The van der Waals surface area contributed by atoms with Crippen molar-refractivity contribution >= 4 is 16.8 Å². The third-order valence-electron chi connectivity index (χ3n) is 3.01. The molecule has 0 heterocycles. The second-order valence-corrected chi connectivity index (χ2v) is 3.94. The zero-order valence-electron chi connectivity index (χ0n) is 8.35. The Morgan fingerprint density at radius 1 is 1.07 bits per heavy atom. The van der Waals surface area contributed by atoms with E-state index in [1.165, 1.54) is 16.3 Å². The molecule has 74 valence electrons. The molecule has 3 rings (SSSR count). The highest BCUT2D eigenvalue weighted by Gasteiger charge is 2.15. The Bertz CT molecular complexity index is 540. The largest absolute Gasteiger partial charge is 0.388 e. The zero-order chi connectivity index (χ0) is 10.3. The minimum absolute atomic E-state index is 0.338. The number of rotatable bonds is 0. The average molecular weight is 196 g/mol. The van der Waals surface area contributed by atoms with Crippen LogP contribution in [0.25, 0.3) is 16.8 Å². The van der Waals surface area contributed by atoms with Crippen LogP contribution in [0.4, 0.5) is 0 Å². The summed E-state index contributed by atoms with van der Waals surface area (Å²) in [5.41, 5.74) is 2.23. The van der Waals surface area contributed by atoms with Crippen molar-refractivity contribution in [2.45, 2.75) is 12.5 Å². The zero-order valence-corrected chi connectivity index (χ0v) is 8.35. The summed E-state index contributed by atoms with van der Waals surface area (Å²) in [6, 6.07) is 12.4. The number of aliphatic hydroxyl groups excluding tert-OH is 1. The highest BCUT2D eigenvalue weighted by molar-refractivity contribution is 5.92. The number of hydrogen-bond acceptors (Lipinski definition) is 1. The average Bonchev–Trinajstić information content (AvgIpc) is 2.29. The molecule has 15 heavy (non-hydrogen) atoms. The molecule has 0 spiro atoms. The van der Waals surface area contributed by atoms with Crippen LogP contribution in [-0.2, 0) is 0 Å². The molecule has 1 aliphatic carbocycles. The van der Waals surface area contributed by atoms with Crippen LogP contribution in [0.2, 0.25) is 0 Å². The van der Waals surface area contributed by atoms with Gasteiger partial charge in [0.25, 0.3) is 0 Å². The van der Waals surface area contributed by atoms with E-state index < -0.39 is 0 Å². The minimum Gasteiger partial charge on any atom is -0.388 e. The molecule has 0 aromatic heterocycles. The molecule has 0 radical (unpaired) electrons. The molecule has 1 N–H and O–H groups in total. The summed E-state index contributed by atoms with van der Waals surface area (Å²) in [4.78, 5) is 0. The van der Waals surface area contributed by atoms with Crippen molar-refractivity contribution < 1.29 is 5.11 Å². The van der Waals surface area contributed by atoms with Gasteiger partial charge in [0.1, 0.15) is 0 Å². The van der Waals surface area contributed by atoms with Crippen molar-refractivity contribution in [1.82, 2.24) is 0 Å². The predicted octanol–water partition coefficient (Wildman–Crippen LogP) is 3.29. The lowest BCUT2D eigenvalue weighted by atomic mass is 9.90. The maximum Gasteiger partial charge on any atom is 0.0830 e. The lowest BCUT2D eigenvalue weighted by molar-refractivity contribution is 0.180. The number of hydrogen-bond donors (Lipinski definition) is 1. The first-order valence-corrected chi connectivity index (χ1v) is 5.22. The van der Waals surface area contributed by atoms with Gasteiger partial charge in [-0.2, -0.15) is 0 Å². The maximum absolute atomic E-state index is 9.87. The number of benzene rings is 2. The smallest absolute Gasteiger partial charge is 0.0830 e. The van der Waals surface area contributed by atoms with Gasteiger partial charge < -0.3 is 5.11 Å². The van der Waals surface area contributed by atoms with Crippen LogP contribution in [-0.4, -0.2) is 5.11 Å². The SMILES string of the molecule is OC1CC=Cc2c1ccc1ccccc21. The Morgan fingerprint density at radius 3 is 2.87 bits per heavy atom. The summed E-state index contributed by atoms with van der Waals surface area (Å²) in [5, 5.41) is 12.3. The van der Waals surface area contributed by atoms with E-state index in [4.69, 9.17) is 0 Å². The van der Waals surface area contributed by atoms with E-state index in [0.717, 1.165) is 12.0 Å². The third-order valence-corrected chi connectivity index (χ3v) is 3.01. The summed E-state index contributed by atoms with van der Waals surface area (Å²) in [6.07, 6.45) is 4.55. The van der Waals surface area contributed by atoms with Gasteiger partial charge in [-0.3, -0.25) is 0 Å². The molecule has 0 bridgehead atoms. The fraction of sp³-hybridized carbons (Fsp3) is 0.143.